The van der Waals surface area contributed by atoms with Gasteiger partial charge in [-0.15, -0.1) is 0 Å². The van der Waals surface area contributed by atoms with E-state index in [1.54, 1.807) is 18.2 Å². The zero-order chi connectivity index (χ0) is 19.9. The van der Waals surface area contributed by atoms with Gasteiger partial charge in [-0.1, -0.05) is 5.57 Å². The van der Waals surface area contributed by atoms with Crippen LogP contribution in [0.4, 0.5) is 20.6 Å². The average molecular weight is 401 g/mol. The maximum atomic E-state index is 14.7. The minimum atomic E-state index is -0.506. The summed E-state index contributed by atoms with van der Waals surface area (Å²) in [5.74, 6) is -0.382. The fraction of sp³-hybridized carbons (Fsp3) is 0.368. The molecule has 0 aromatic heterocycles. The number of hydrazine groups is 1. The number of nitrogens with one attached hydrogen (secondary N) is 2. The molecule has 28 heavy (non-hydrogen) atoms. The number of rotatable bonds is 6. The van der Waals surface area contributed by atoms with Crippen LogP contribution in [0.5, 0.6) is 0 Å². The molecule has 0 aliphatic carbocycles. The number of nitriles is 1. The van der Waals surface area contributed by atoms with Crippen molar-refractivity contribution in [3.8, 4) is 6.07 Å². The zero-order valence-corrected chi connectivity index (χ0v) is 16.0. The zero-order valence-electron chi connectivity index (χ0n) is 15.2. The van der Waals surface area contributed by atoms with Gasteiger partial charge < -0.3 is 15.1 Å². The molecule has 0 bridgehead atoms. The lowest BCUT2D eigenvalue weighted by atomic mass is 10.0. The van der Waals surface area contributed by atoms with Crippen LogP contribution in [-0.4, -0.2) is 43.4 Å². The average Bonchev–Trinajstić information content (AvgIpc) is 3.07. The maximum Gasteiger partial charge on any atom is 0.414 e. The lowest BCUT2D eigenvalue weighted by Crippen LogP contribution is -2.36. The van der Waals surface area contributed by atoms with Crippen molar-refractivity contribution < 1.29 is 13.9 Å². The summed E-state index contributed by atoms with van der Waals surface area (Å²) in [4.78, 5) is 15.5. The summed E-state index contributed by atoms with van der Waals surface area (Å²) in [7, 11) is 0. The third kappa shape index (κ3) is 4.67. The Bertz CT molecular complexity index is 852. The van der Waals surface area contributed by atoms with Crippen molar-refractivity contribution in [3.63, 3.8) is 0 Å². The molecule has 0 saturated carbocycles. The SMILES string of the molecule is N#CC=C1CCN(c2ccc(N3C[C@@H](CNNC=C=S)OC3=O)cc2F)CC1. The molecule has 2 saturated heterocycles. The number of anilines is 2. The molecule has 3 rings (SSSR count). The highest BCUT2D eigenvalue weighted by atomic mass is 32.1. The number of ether oxygens (including phenoxy) is 1. The second-order valence-electron chi connectivity index (χ2n) is 6.46. The smallest absolute Gasteiger partial charge is 0.414 e. The van der Waals surface area contributed by atoms with Gasteiger partial charge in [0.1, 0.15) is 11.9 Å². The van der Waals surface area contributed by atoms with Gasteiger partial charge in [0.15, 0.2) is 0 Å². The number of thiocarbonyl (C=S) groups is 1. The summed E-state index contributed by atoms with van der Waals surface area (Å²) >= 11 is 4.53. The van der Waals surface area contributed by atoms with Gasteiger partial charge in [0.05, 0.1) is 36.7 Å². The van der Waals surface area contributed by atoms with Crippen LogP contribution in [0.1, 0.15) is 12.8 Å². The number of cyclic esters (lactones) is 1. The molecule has 2 aliphatic heterocycles. The lowest BCUT2D eigenvalue weighted by molar-refractivity contribution is 0.139. The first-order valence-corrected chi connectivity index (χ1v) is 9.31. The second-order valence-corrected chi connectivity index (χ2v) is 6.69. The summed E-state index contributed by atoms with van der Waals surface area (Å²) in [5, 5.41) is 11.1. The highest BCUT2D eigenvalue weighted by Gasteiger charge is 2.32. The monoisotopic (exact) mass is 401 g/mol. The molecule has 7 nitrogen and oxygen atoms in total. The topological polar surface area (TPSA) is 80.6 Å². The van der Waals surface area contributed by atoms with Crippen molar-refractivity contribution in [2.45, 2.75) is 18.9 Å². The molecular weight excluding hydrogens is 381 g/mol. The molecule has 2 aliphatic rings. The number of benzene rings is 1. The predicted molar refractivity (Wildman–Crippen MR) is 107 cm³/mol. The molecule has 1 atom stereocenters. The van der Waals surface area contributed by atoms with E-state index in [0.717, 1.165) is 18.4 Å². The minimum absolute atomic E-state index is 0.319. The predicted octanol–water partition coefficient (Wildman–Crippen LogP) is 2.41. The molecule has 1 amide bonds. The molecule has 2 fully saturated rings. The van der Waals surface area contributed by atoms with Crippen LogP contribution in [0.15, 0.2) is 36.0 Å². The minimum Gasteiger partial charge on any atom is -0.442 e. The van der Waals surface area contributed by atoms with E-state index >= 15 is 0 Å². The first kappa shape index (κ1) is 19.8. The fourth-order valence-electron chi connectivity index (χ4n) is 3.28. The summed E-state index contributed by atoms with van der Waals surface area (Å²) in [6.45, 7) is 2.02. The van der Waals surface area contributed by atoms with Crippen molar-refractivity contribution in [1.29, 1.82) is 5.26 Å². The Morgan fingerprint density at radius 1 is 1.39 bits per heavy atom. The first-order chi connectivity index (χ1) is 13.6. The number of hydrogen-bond acceptors (Lipinski definition) is 7. The molecule has 146 valence electrons. The molecular formula is C19H20FN5O2S. The summed E-state index contributed by atoms with van der Waals surface area (Å²) < 4.78 is 20.0. The van der Waals surface area contributed by atoms with Gasteiger partial charge in [0.25, 0.3) is 0 Å². The van der Waals surface area contributed by atoms with Crippen LogP contribution in [0.2, 0.25) is 0 Å². The van der Waals surface area contributed by atoms with Crippen molar-refractivity contribution in [2.75, 3.05) is 36.0 Å². The van der Waals surface area contributed by atoms with E-state index in [1.807, 2.05) is 11.0 Å². The number of nitrogens with zero attached hydrogens (tertiary/aromatic N) is 3. The van der Waals surface area contributed by atoms with Crippen molar-refractivity contribution in [2.24, 2.45) is 0 Å². The van der Waals surface area contributed by atoms with E-state index in [9.17, 15) is 9.18 Å². The number of carbonyl (C=O) groups excluding carboxylic acids is 1. The Kier molecular flexibility index (Phi) is 6.61. The standard InChI is InChI=1S/C19H20FN5O2S/c20-17-11-15(25-13-16(27-19(25)26)12-23-22-7-10-28)1-2-18(17)24-8-4-14(3-6-21)5-9-24/h1-3,7,11,16,22-23H,4-5,8-9,12-13H2/t16-/m1/s1. The Morgan fingerprint density at radius 2 is 2.18 bits per heavy atom. The van der Waals surface area contributed by atoms with E-state index in [0.29, 0.717) is 37.6 Å². The van der Waals surface area contributed by atoms with Gasteiger partial charge in [-0.3, -0.25) is 4.90 Å². The Balaban J connectivity index is 1.63. The number of amides is 1. The van der Waals surface area contributed by atoms with Gasteiger partial charge in [0, 0.05) is 19.2 Å². The molecule has 9 heteroatoms. The van der Waals surface area contributed by atoms with Gasteiger partial charge >= 0.3 is 6.09 Å². The van der Waals surface area contributed by atoms with Crippen LogP contribution in [0, 0.1) is 17.1 Å². The van der Waals surface area contributed by atoms with E-state index < -0.39 is 6.09 Å². The number of carbonyl (C=O) groups is 1. The molecule has 0 unspecified atom stereocenters. The first-order valence-electron chi connectivity index (χ1n) is 8.90. The number of hydrogen-bond donors (Lipinski definition) is 2. The van der Waals surface area contributed by atoms with Crippen molar-refractivity contribution >= 4 is 34.7 Å². The van der Waals surface area contributed by atoms with Crippen LogP contribution in [0.3, 0.4) is 0 Å². The Hall–Kier alpha value is -2.92. The molecule has 2 heterocycles. The number of halogens is 1. The van der Waals surface area contributed by atoms with Crippen molar-refractivity contribution in [3.05, 3.63) is 41.9 Å². The van der Waals surface area contributed by atoms with Gasteiger partial charge in [-0.05, 0) is 48.3 Å². The number of piperidine rings is 1. The molecule has 1 aromatic rings. The highest BCUT2D eigenvalue weighted by Crippen LogP contribution is 2.30. The Morgan fingerprint density at radius 3 is 2.86 bits per heavy atom. The van der Waals surface area contributed by atoms with Gasteiger partial charge in [-0.25, -0.2) is 14.6 Å². The van der Waals surface area contributed by atoms with Gasteiger partial charge in [0.2, 0.25) is 0 Å². The maximum absolute atomic E-state index is 14.7. The largest absolute Gasteiger partial charge is 0.442 e. The fourth-order valence-corrected chi connectivity index (χ4v) is 3.34. The van der Waals surface area contributed by atoms with E-state index in [1.165, 1.54) is 17.2 Å². The van der Waals surface area contributed by atoms with Crippen LogP contribution in [-0.2, 0) is 4.74 Å². The van der Waals surface area contributed by atoms with Crippen molar-refractivity contribution in [1.82, 2.24) is 10.9 Å². The van der Waals surface area contributed by atoms with Gasteiger partial charge in [-0.2, -0.15) is 5.26 Å². The normalized spacial score (nSPS) is 18.9. The van der Waals surface area contributed by atoms with E-state index in [-0.39, 0.29) is 11.9 Å². The lowest BCUT2D eigenvalue weighted by Gasteiger charge is -2.30. The van der Waals surface area contributed by atoms with Crippen LogP contribution >= 0.6 is 12.2 Å². The second kappa shape index (κ2) is 9.33. The third-order valence-electron chi connectivity index (χ3n) is 4.69. The Labute approximate surface area is 168 Å². The highest BCUT2D eigenvalue weighted by molar-refractivity contribution is 7.78. The van der Waals surface area contributed by atoms with E-state index in [4.69, 9.17) is 10.00 Å². The van der Waals surface area contributed by atoms with E-state index in [2.05, 4.69) is 28.1 Å². The molecule has 0 spiro atoms. The van der Waals surface area contributed by atoms with Crippen LogP contribution in [0.25, 0.3) is 0 Å². The summed E-state index contributed by atoms with van der Waals surface area (Å²) in [5.41, 5.74) is 7.61. The summed E-state index contributed by atoms with van der Waals surface area (Å²) in [6, 6.07) is 6.82. The molecule has 0 radical (unpaired) electrons. The quantitative estimate of drug-likeness (QED) is 0.328. The third-order valence-corrected chi connectivity index (χ3v) is 4.81. The summed E-state index contributed by atoms with van der Waals surface area (Å²) in [6.07, 6.45) is 3.62. The molecule has 2 N–H and O–H groups in total. The number of allylic oxidation sites excluding steroid dienone is 1. The van der Waals surface area contributed by atoms with Crippen LogP contribution < -0.4 is 20.7 Å². The molecule has 1 aromatic carbocycles.